The molecule has 0 spiro atoms. The third kappa shape index (κ3) is 7.50. The summed E-state index contributed by atoms with van der Waals surface area (Å²) in [6.07, 6.45) is 11.1. The molecule has 0 aromatic carbocycles. The summed E-state index contributed by atoms with van der Waals surface area (Å²) in [5, 5.41) is 4.87. The molecular weight excluding hydrogens is 556 g/mol. The molecule has 2 aromatic rings. The molecule has 2 aliphatic heterocycles. The molecule has 230 valence electrons. The monoisotopic (exact) mass is 594 g/mol. The molecule has 0 radical (unpaired) electrons. The van der Waals surface area contributed by atoms with Gasteiger partial charge in [-0.1, -0.05) is 24.8 Å². The van der Waals surface area contributed by atoms with E-state index in [2.05, 4.69) is 46.6 Å². The normalized spacial score (nSPS) is 18.6. The van der Waals surface area contributed by atoms with Gasteiger partial charge in [0, 0.05) is 13.1 Å². The molecule has 0 bridgehead atoms. The van der Waals surface area contributed by atoms with Gasteiger partial charge in [-0.2, -0.15) is 0 Å². The van der Waals surface area contributed by atoms with Crippen molar-refractivity contribution in [3.8, 4) is 0 Å². The molecule has 14 heteroatoms. The molecule has 14 nitrogen and oxygen atoms in total. The van der Waals surface area contributed by atoms with Crippen LogP contribution in [0.1, 0.15) is 67.7 Å². The largest absolute Gasteiger partial charge is 0.453 e. The van der Waals surface area contributed by atoms with Crippen molar-refractivity contribution in [3.63, 3.8) is 0 Å². The van der Waals surface area contributed by atoms with Gasteiger partial charge in [0.2, 0.25) is 11.8 Å². The number of amides is 4. The number of nitrogens with zero attached hydrogens (tertiary/aromatic N) is 4. The molecule has 4 N–H and O–H groups in total. The number of H-pyrrole nitrogens is 2. The second kappa shape index (κ2) is 14.3. The van der Waals surface area contributed by atoms with E-state index in [-0.39, 0.29) is 37.0 Å². The highest BCUT2D eigenvalue weighted by Crippen LogP contribution is 2.32. The average Bonchev–Trinajstić information content (AvgIpc) is 3.84. The molecule has 4 rings (SSSR count). The first-order chi connectivity index (χ1) is 20.7. The molecule has 0 aliphatic carbocycles. The first-order valence-electron chi connectivity index (χ1n) is 14.1. The van der Waals surface area contributed by atoms with Gasteiger partial charge < -0.3 is 39.9 Å². The van der Waals surface area contributed by atoms with Crippen LogP contribution in [0.5, 0.6) is 0 Å². The third-order valence-corrected chi connectivity index (χ3v) is 7.54. The third-order valence-electron chi connectivity index (χ3n) is 7.54. The predicted octanol–water partition coefficient (Wildman–Crippen LogP) is 2.84. The Morgan fingerprint density at radius 3 is 1.86 bits per heavy atom. The number of hydrogen-bond acceptors (Lipinski definition) is 8. The van der Waals surface area contributed by atoms with Crippen LogP contribution in [0.2, 0.25) is 0 Å². The lowest BCUT2D eigenvalue weighted by atomic mass is 10.1. The number of rotatable bonds is 10. The minimum atomic E-state index is -0.653. The lowest BCUT2D eigenvalue weighted by molar-refractivity contribution is -0.132. The quantitative estimate of drug-likeness (QED) is 0.304. The van der Waals surface area contributed by atoms with Crippen molar-refractivity contribution >= 4 is 35.1 Å². The zero-order valence-corrected chi connectivity index (χ0v) is 24.6. The Labute approximate surface area is 249 Å². The van der Waals surface area contributed by atoms with E-state index in [0.29, 0.717) is 30.3 Å². The standard InChI is InChI=1S/C29H38N8O6/c1-5-19(21-15-31-27(35-21)23-9-7-13-37(23)25(39)17-33-29(41)43-4)11-10-18(2)20-14-30-26(34-20)22-8-6-12-36(22)24(38)16-32-28(40)42-3/h5,10-11,14-15,22-23H,2,6-9,12-13,16-17H2,1,3-4H3,(H,30,34)(H,31,35)(H,32,40)(H,33,41)/b11-10-,19-5+/t22-,23-/m0/s1. The second-order valence-electron chi connectivity index (χ2n) is 10.1. The minimum Gasteiger partial charge on any atom is -0.453 e. The SMILES string of the molecule is C=C(/C=C\C(=C/C)c1cnc([C@@H]2CCCN2C(=O)CNC(=O)OC)[nH]1)c1cnc([C@@H]2CCCN2C(=O)CNC(=O)OC)[nH]1. The van der Waals surface area contributed by atoms with Crippen molar-refractivity contribution < 1.29 is 28.7 Å². The van der Waals surface area contributed by atoms with Crippen LogP contribution in [-0.4, -0.2) is 94.1 Å². The van der Waals surface area contributed by atoms with E-state index in [1.807, 2.05) is 25.2 Å². The molecular formula is C29H38N8O6. The second-order valence-corrected chi connectivity index (χ2v) is 10.1. The number of carbonyl (C=O) groups excluding carboxylic acids is 4. The predicted molar refractivity (Wildman–Crippen MR) is 157 cm³/mol. The van der Waals surface area contributed by atoms with Gasteiger partial charge in [0.1, 0.15) is 24.7 Å². The van der Waals surface area contributed by atoms with E-state index < -0.39 is 12.2 Å². The highest BCUT2D eigenvalue weighted by molar-refractivity contribution is 5.83. The molecule has 0 unspecified atom stereocenters. The van der Waals surface area contributed by atoms with Gasteiger partial charge in [0.25, 0.3) is 0 Å². The lowest BCUT2D eigenvalue weighted by Crippen LogP contribution is -2.40. The van der Waals surface area contributed by atoms with Gasteiger partial charge in [0.05, 0.1) is 50.1 Å². The van der Waals surface area contributed by atoms with Crippen LogP contribution in [0.3, 0.4) is 0 Å². The van der Waals surface area contributed by atoms with Crippen molar-refractivity contribution in [1.82, 2.24) is 40.4 Å². The van der Waals surface area contributed by atoms with Crippen LogP contribution in [0.15, 0.2) is 37.2 Å². The summed E-state index contributed by atoms with van der Waals surface area (Å²) in [4.78, 5) is 67.2. The zero-order valence-electron chi connectivity index (χ0n) is 24.6. The Balaban J connectivity index is 1.38. The van der Waals surface area contributed by atoms with E-state index in [1.165, 1.54) is 14.2 Å². The summed E-state index contributed by atoms with van der Waals surface area (Å²) in [6.45, 7) is 6.98. The Bertz CT molecular complexity index is 1410. The van der Waals surface area contributed by atoms with Crippen molar-refractivity contribution in [2.24, 2.45) is 0 Å². The number of alkyl carbamates (subject to hydrolysis) is 2. The Hall–Kier alpha value is -4.88. The number of likely N-dealkylation sites (tertiary alicyclic amines) is 2. The number of carbonyl (C=O) groups is 4. The van der Waals surface area contributed by atoms with E-state index in [0.717, 1.165) is 42.6 Å². The molecule has 2 aromatic heterocycles. The Kier molecular flexibility index (Phi) is 10.4. The van der Waals surface area contributed by atoms with Crippen LogP contribution in [0.4, 0.5) is 9.59 Å². The van der Waals surface area contributed by atoms with Crippen LogP contribution < -0.4 is 10.6 Å². The summed E-state index contributed by atoms with van der Waals surface area (Å²) in [5.41, 5.74) is 3.10. The van der Waals surface area contributed by atoms with Crippen molar-refractivity contribution in [1.29, 1.82) is 0 Å². The molecule has 2 atom stereocenters. The number of ether oxygens (including phenoxy) is 2. The number of methoxy groups -OCH3 is 2. The maximum Gasteiger partial charge on any atom is 0.407 e. The minimum absolute atomic E-state index is 0.140. The van der Waals surface area contributed by atoms with Crippen LogP contribution >= 0.6 is 0 Å². The molecule has 2 saturated heterocycles. The van der Waals surface area contributed by atoms with Gasteiger partial charge >= 0.3 is 12.2 Å². The van der Waals surface area contributed by atoms with Crippen molar-refractivity contribution in [2.75, 3.05) is 40.4 Å². The van der Waals surface area contributed by atoms with Gasteiger partial charge in [-0.25, -0.2) is 19.6 Å². The van der Waals surface area contributed by atoms with Crippen LogP contribution in [0, 0.1) is 0 Å². The maximum atomic E-state index is 12.7. The number of hydrogen-bond donors (Lipinski definition) is 4. The fraction of sp³-hybridized carbons (Fsp3) is 0.448. The first-order valence-corrected chi connectivity index (χ1v) is 14.1. The fourth-order valence-electron chi connectivity index (χ4n) is 5.29. The van der Waals surface area contributed by atoms with Crippen molar-refractivity contribution in [3.05, 3.63) is 60.2 Å². The fourth-order valence-corrected chi connectivity index (χ4v) is 5.29. The van der Waals surface area contributed by atoms with E-state index in [4.69, 9.17) is 0 Å². The number of nitrogens with one attached hydrogen (secondary N) is 4. The van der Waals surface area contributed by atoms with Crippen LogP contribution in [0.25, 0.3) is 11.1 Å². The summed E-state index contributed by atoms with van der Waals surface area (Å²) < 4.78 is 9.09. The first kappa shape index (κ1) is 31.1. The number of allylic oxidation sites excluding steroid dienone is 5. The molecule has 2 fully saturated rings. The van der Waals surface area contributed by atoms with Gasteiger partial charge in [0.15, 0.2) is 0 Å². The average molecular weight is 595 g/mol. The molecule has 2 aliphatic rings. The highest BCUT2D eigenvalue weighted by atomic mass is 16.5. The van der Waals surface area contributed by atoms with E-state index in [9.17, 15) is 19.2 Å². The summed E-state index contributed by atoms with van der Waals surface area (Å²) >= 11 is 0. The summed E-state index contributed by atoms with van der Waals surface area (Å²) in [6, 6.07) is -0.426. The Morgan fingerprint density at radius 2 is 1.37 bits per heavy atom. The van der Waals surface area contributed by atoms with Crippen molar-refractivity contribution in [2.45, 2.75) is 44.7 Å². The topological polar surface area (TPSA) is 175 Å². The van der Waals surface area contributed by atoms with Gasteiger partial charge in [-0.15, -0.1) is 0 Å². The smallest absolute Gasteiger partial charge is 0.407 e. The highest BCUT2D eigenvalue weighted by Gasteiger charge is 2.33. The van der Waals surface area contributed by atoms with Gasteiger partial charge in [-0.05, 0) is 43.8 Å². The van der Waals surface area contributed by atoms with E-state index in [1.54, 1.807) is 22.2 Å². The Morgan fingerprint density at radius 1 is 0.884 bits per heavy atom. The molecule has 0 saturated carbocycles. The summed E-state index contributed by atoms with van der Waals surface area (Å²) in [7, 11) is 2.50. The number of aromatic nitrogens is 4. The van der Waals surface area contributed by atoms with Gasteiger partial charge in [-0.3, -0.25) is 9.59 Å². The maximum absolute atomic E-state index is 12.7. The lowest BCUT2D eigenvalue weighted by Gasteiger charge is -2.23. The summed E-state index contributed by atoms with van der Waals surface area (Å²) in [5.74, 6) is 0.941. The molecule has 43 heavy (non-hydrogen) atoms. The van der Waals surface area contributed by atoms with Crippen LogP contribution in [-0.2, 0) is 19.1 Å². The zero-order chi connectivity index (χ0) is 30.9. The number of aromatic amines is 2. The molecule has 4 heterocycles. The molecule has 4 amide bonds. The van der Waals surface area contributed by atoms with E-state index >= 15 is 0 Å². The number of imidazole rings is 2.